The lowest BCUT2D eigenvalue weighted by molar-refractivity contribution is 0.102. The third kappa shape index (κ3) is 2.75. The average Bonchev–Trinajstić information content (AvgIpc) is 2.82. The number of halogens is 1. The molecule has 1 aromatic carbocycles. The second kappa shape index (κ2) is 5.16. The number of hydrogen-bond donors (Lipinski definition) is 1. The standard InChI is InChI=1S/C11H9ClN2O2S/c1-16-10-3-2-7(4-8(10)12)14-11(15)9-5-17-6-13-9/h2-6H,1H3,(H,14,15). The minimum Gasteiger partial charge on any atom is -0.495 e. The number of methoxy groups -OCH3 is 1. The summed E-state index contributed by atoms with van der Waals surface area (Å²) in [6.07, 6.45) is 0. The fraction of sp³-hybridized carbons (Fsp3) is 0.0909. The Balaban J connectivity index is 2.14. The Labute approximate surface area is 107 Å². The smallest absolute Gasteiger partial charge is 0.275 e. The number of benzene rings is 1. The number of ether oxygens (including phenoxy) is 1. The van der Waals surface area contributed by atoms with Gasteiger partial charge in [-0.15, -0.1) is 11.3 Å². The number of nitrogens with zero attached hydrogens (tertiary/aromatic N) is 1. The normalized spacial score (nSPS) is 10.0. The highest BCUT2D eigenvalue weighted by Crippen LogP contribution is 2.27. The van der Waals surface area contributed by atoms with E-state index in [4.69, 9.17) is 16.3 Å². The summed E-state index contributed by atoms with van der Waals surface area (Å²) >= 11 is 7.32. The van der Waals surface area contributed by atoms with Gasteiger partial charge in [-0.1, -0.05) is 11.6 Å². The summed E-state index contributed by atoms with van der Waals surface area (Å²) in [5, 5.41) is 4.83. The first kappa shape index (κ1) is 11.9. The Bertz CT molecular complexity index is 528. The Morgan fingerprint density at radius 3 is 2.94 bits per heavy atom. The molecule has 4 nitrogen and oxygen atoms in total. The summed E-state index contributed by atoms with van der Waals surface area (Å²) in [6, 6.07) is 5.04. The average molecular weight is 269 g/mol. The van der Waals surface area contributed by atoms with Crippen molar-refractivity contribution in [2.45, 2.75) is 0 Å². The number of carbonyl (C=O) groups is 1. The number of amides is 1. The first-order valence-corrected chi connectivity index (χ1v) is 6.06. The SMILES string of the molecule is COc1ccc(NC(=O)c2cscn2)cc1Cl. The van der Waals surface area contributed by atoms with Gasteiger partial charge >= 0.3 is 0 Å². The van der Waals surface area contributed by atoms with Crippen LogP contribution in [0.5, 0.6) is 5.75 Å². The van der Waals surface area contributed by atoms with E-state index in [-0.39, 0.29) is 5.91 Å². The van der Waals surface area contributed by atoms with Crippen LogP contribution in [0, 0.1) is 0 Å². The molecule has 0 spiro atoms. The van der Waals surface area contributed by atoms with E-state index < -0.39 is 0 Å². The van der Waals surface area contributed by atoms with Gasteiger partial charge in [0.15, 0.2) is 0 Å². The van der Waals surface area contributed by atoms with Crippen LogP contribution < -0.4 is 10.1 Å². The van der Waals surface area contributed by atoms with Gasteiger partial charge in [-0.3, -0.25) is 4.79 Å². The lowest BCUT2D eigenvalue weighted by Gasteiger charge is -2.06. The number of anilines is 1. The number of thiazole rings is 1. The molecule has 0 fully saturated rings. The van der Waals surface area contributed by atoms with Gasteiger partial charge in [-0.2, -0.15) is 0 Å². The fourth-order valence-electron chi connectivity index (χ4n) is 1.26. The van der Waals surface area contributed by atoms with Crippen molar-refractivity contribution >= 4 is 34.5 Å². The van der Waals surface area contributed by atoms with E-state index in [1.54, 1.807) is 29.1 Å². The number of hydrogen-bond acceptors (Lipinski definition) is 4. The molecule has 0 unspecified atom stereocenters. The molecule has 1 amide bonds. The fourth-order valence-corrected chi connectivity index (χ4v) is 2.05. The van der Waals surface area contributed by atoms with E-state index in [1.807, 2.05) is 0 Å². The third-order valence-electron chi connectivity index (χ3n) is 2.07. The largest absolute Gasteiger partial charge is 0.495 e. The molecule has 1 aromatic heterocycles. The monoisotopic (exact) mass is 268 g/mol. The van der Waals surface area contributed by atoms with Gasteiger partial charge in [-0.05, 0) is 18.2 Å². The molecule has 17 heavy (non-hydrogen) atoms. The van der Waals surface area contributed by atoms with Crippen molar-refractivity contribution in [1.29, 1.82) is 0 Å². The van der Waals surface area contributed by atoms with Crippen LogP contribution in [-0.2, 0) is 0 Å². The second-order valence-corrected chi connectivity index (χ2v) is 4.30. The van der Waals surface area contributed by atoms with Gasteiger partial charge in [-0.25, -0.2) is 4.98 Å². The van der Waals surface area contributed by atoms with Gasteiger partial charge in [0.05, 0.1) is 17.6 Å². The number of rotatable bonds is 3. The quantitative estimate of drug-likeness (QED) is 0.931. The van der Waals surface area contributed by atoms with Gasteiger partial charge in [0, 0.05) is 11.1 Å². The zero-order chi connectivity index (χ0) is 12.3. The van der Waals surface area contributed by atoms with Crippen LogP contribution in [0.15, 0.2) is 29.1 Å². The van der Waals surface area contributed by atoms with Crippen molar-refractivity contribution in [3.63, 3.8) is 0 Å². The lowest BCUT2D eigenvalue weighted by Crippen LogP contribution is -2.12. The van der Waals surface area contributed by atoms with Crippen molar-refractivity contribution in [1.82, 2.24) is 4.98 Å². The maximum absolute atomic E-state index is 11.7. The van der Waals surface area contributed by atoms with Gasteiger partial charge in [0.25, 0.3) is 5.91 Å². The maximum atomic E-state index is 11.7. The molecular formula is C11H9ClN2O2S. The van der Waals surface area contributed by atoms with E-state index in [2.05, 4.69) is 10.3 Å². The molecule has 0 radical (unpaired) electrons. The van der Waals surface area contributed by atoms with Gasteiger partial charge in [0.2, 0.25) is 0 Å². The van der Waals surface area contributed by atoms with Crippen LogP contribution >= 0.6 is 22.9 Å². The van der Waals surface area contributed by atoms with Gasteiger partial charge < -0.3 is 10.1 Å². The van der Waals surface area contributed by atoms with E-state index in [9.17, 15) is 4.79 Å². The zero-order valence-electron chi connectivity index (χ0n) is 8.94. The predicted molar refractivity (Wildman–Crippen MR) is 68.1 cm³/mol. The molecule has 0 bridgehead atoms. The molecule has 0 atom stereocenters. The van der Waals surface area contributed by atoms with Crippen LogP contribution in [0.3, 0.4) is 0 Å². The minimum atomic E-state index is -0.257. The summed E-state index contributed by atoms with van der Waals surface area (Å²) in [4.78, 5) is 15.6. The molecule has 88 valence electrons. The van der Waals surface area contributed by atoms with Crippen molar-refractivity contribution in [3.8, 4) is 5.75 Å². The van der Waals surface area contributed by atoms with Crippen LogP contribution in [-0.4, -0.2) is 18.0 Å². The van der Waals surface area contributed by atoms with Crippen molar-refractivity contribution in [2.75, 3.05) is 12.4 Å². The Hall–Kier alpha value is -1.59. The van der Waals surface area contributed by atoms with Crippen LogP contribution in [0.25, 0.3) is 0 Å². The van der Waals surface area contributed by atoms with E-state index in [0.717, 1.165) is 0 Å². The first-order chi connectivity index (χ1) is 8.20. The van der Waals surface area contributed by atoms with Crippen molar-refractivity contribution < 1.29 is 9.53 Å². The van der Waals surface area contributed by atoms with Crippen molar-refractivity contribution in [2.24, 2.45) is 0 Å². The Morgan fingerprint density at radius 1 is 1.53 bits per heavy atom. The first-order valence-electron chi connectivity index (χ1n) is 4.74. The Kier molecular flexibility index (Phi) is 3.61. The molecule has 0 saturated heterocycles. The Morgan fingerprint density at radius 2 is 2.35 bits per heavy atom. The van der Waals surface area contributed by atoms with E-state index >= 15 is 0 Å². The molecule has 0 aliphatic heterocycles. The summed E-state index contributed by atoms with van der Waals surface area (Å²) in [5.41, 5.74) is 2.60. The zero-order valence-corrected chi connectivity index (χ0v) is 10.5. The molecule has 0 aliphatic rings. The van der Waals surface area contributed by atoms with Crippen LogP contribution in [0.2, 0.25) is 5.02 Å². The van der Waals surface area contributed by atoms with Crippen molar-refractivity contribution in [3.05, 3.63) is 39.8 Å². The second-order valence-electron chi connectivity index (χ2n) is 3.18. The molecule has 2 aromatic rings. The van der Waals surface area contributed by atoms with Crippen LogP contribution in [0.4, 0.5) is 5.69 Å². The summed E-state index contributed by atoms with van der Waals surface area (Å²) in [6.45, 7) is 0. The number of carbonyl (C=O) groups excluding carboxylic acids is 1. The molecule has 1 N–H and O–H groups in total. The highest BCUT2D eigenvalue weighted by molar-refractivity contribution is 7.07. The summed E-state index contributed by atoms with van der Waals surface area (Å²) in [7, 11) is 1.54. The maximum Gasteiger partial charge on any atom is 0.275 e. The molecule has 0 aliphatic carbocycles. The highest BCUT2D eigenvalue weighted by Gasteiger charge is 2.09. The topological polar surface area (TPSA) is 51.2 Å². The lowest BCUT2D eigenvalue weighted by atomic mass is 10.3. The molecule has 6 heteroatoms. The number of aromatic nitrogens is 1. The molecule has 0 saturated carbocycles. The molecule has 2 rings (SSSR count). The number of nitrogens with one attached hydrogen (secondary N) is 1. The van der Waals surface area contributed by atoms with Gasteiger partial charge in [0.1, 0.15) is 11.4 Å². The summed E-state index contributed by atoms with van der Waals surface area (Å²) < 4.78 is 5.02. The van der Waals surface area contributed by atoms with E-state index in [1.165, 1.54) is 18.4 Å². The summed E-state index contributed by atoms with van der Waals surface area (Å²) in [5.74, 6) is 0.311. The highest BCUT2D eigenvalue weighted by atomic mass is 35.5. The third-order valence-corrected chi connectivity index (χ3v) is 2.96. The molecule has 1 heterocycles. The van der Waals surface area contributed by atoms with E-state index in [0.29, 0.717) is 22.2 Å². The minimum absolute atomic E-state index is 0.257. The molecular weight excluding hydrogens is 260 g/mol. The predicted octanol–water partition coefficient (Wildman–Crippen LogP) is 3.06. The van der Waals surface area contributed by atoms with Crippen LogP contribution in [0.1, 0.15) is 10.5 Å².